The zero-order valence-corrected chi connectivity index (χ0v) is 22.7. The average molecular weight is 555 g/mol. The molecule has 1 atom stereocenters. The first-order chi connectivity index (χ1) is 18.9. The van der Waals surface area contributed by atoms with Crippen molar-refractivity contribution in [2.45, 2.75) is 32.4 Å². The quantitative estimate of drug-likeness (QED) is 0.189. The number of carboxylic acid groups (broad SMARTS) is 1. The molecule has 0 bridgehead atoms. The molecule has 2 aromatic carbocycles. The van der Waals surface area contributed by atoms with E-state index in [1.54, 1.807) is 11.1 Å². The van der Waals surface area contributed by atoms with E-state index < -0.39 is 18.6 Å². The number of aromatic nitrogens is 1. The number of carbonyl (C=O) groups is 2. The molecule has 0 radical (unpaired) electrons. The molecule has 4 rings (SSSR count). The Morgan fingerprint density at radius 2 is 1.95 bits per heavy atom. The van der Waals surface area contributed by atoms with Gasteiger partial charge in [-0.2, -0.15) is 0 Å². The normalized spacial score (nSPS) is 13.4. The number of hydrogen-bond donors (Lipinski definition) is 5. The SMILES string of the molecule is Cc1c(OCCCN[C@H](CO)C(=O)O)cccc1-c1cccc2c1CCN2C(=O)c1ncc(CNCCO)s1. The molecule has 5 N–H and O–H groups in total. The van der Waals surface area contributed by atoms with E-state index in [2.05, 4.69) is 27.8 Å². The van der Waals surface area contributed by atoms with Crippen LogP contribution in [0, 0.1) is 6.92 Å². The number of anilines is 1. The summed E-state index contributed by atoms with van der Waals surface area (Å²) in [5.41, 5.74) is 5.09. The van der Waals surface area contributed by atoms with Gasteiger partial charge in [-0.3, -0.25) is 9.59 Å². The number of aliphatic carboxylic acids is 1. The lowest BCUT2D eigenvalue weighted by Gasteiger charge is -2.18. The first-order valence-electron chi connectivity index (χ1n) is 12.9. The number of nitrogens with one attached hydrogen (secondary N) is 2. The Kier molecular flexibility index (Phi) is 10.0. The fourth-order valence-electron chi connectivity index (χ4n) is 4.61. The molecule has 11 heteroatoms. The lowest BCUT2D eigenvalue weighted by atomic mass is 9.94. The molecule has 1 aromatic heterocycles. The van der Waals surface area contributed by atoms with Crippen LogP contribution >= 0.6 is 11.3 Å². The maximum atomic E-state index is 13.3. The first-order valence-corrected chi connectivity index (χ1v) is 13.8. The summed E-state index contributed by atoms with van der Waals surface area (Å²) in [6.45, 7) is 4.04. The number of fused-ring (bicyclic) bond motifs is 1. The summed E-state index contributed by atoms with van der Waals surface area (Å²) in [4.78, 5) is 31.4. The van der Waals surface area contributed by atoms with Gasteiger partial charge in [-0.1, -0.05) is 24.3 Å². The second-order valence-corrected chi connectivity index (χ2v) is 10.3. The maximum Gasteiger partial charge on any atom is 0.323 e. The number of amides is 1. The van der Waals surface area contributed by atoms with Crippen LogP contribution in [0.1, 0.15) is 32.2 Å². The lowest BCUT2D eigenvalue weighted by molar-refractivity contribution is -0.140. The number of hydrogen-bond acceptors (Lipinski definition) is 9. The van der Waals surface area contributed by atoms with Crippen LogP contribution in [0.3, 0.4) is 0 Å². The fraction of sp³-hybridized carbons (Fsp3) is 0.393. The van der Waals surface area contributed by atoms with Crippen LogP contribution in [0.2, 0.25) is 0 Å². The van der Waals surface area contributed by atoms with E-state index in [1.165, 1.54) is 11.3 Å². The molecule has 0 saturated heterocycles. The van der Waals surface area contributed by atoms with Gasteiger partial charge >= 0.3 is 5.97 Å². The summed E-state index contributed by atoms with van der Waals surface area (Å²) in [7, 11) is 0. The van der Waals surface area contributed by atoms with Crippen molar-refractivity contribution in [3.8, 4) is 16.9 Å². The molecule has 1 amide bonds. The summed E-state index contributed by atoms with van der Waals surface area (Å²) in [6, 6.07) is 10.9. The minimum absolute atomic E-state index is 0.0594. The smallest absolute Gasteiger partial charge is 0.323 e. The van der Waals surface area contributed by atoms with Gasteiger partial charge in [0.05, 0.1) is 19.8 Å². The highest BCUT2D eigenvalue weighted by Crippen LogP contribution is 2.40. The Hall–Kier alpha value is -3.35. The zero-order chi connectivity index (χ0) is 27.8. The molecule has 2 heterocycles. The third-order valence-electron chi connectivity index (χ3n) is 6.62. The molecule has 0 spiro atoms. The van der Waals surface area contributed by atoms with E-state index in [9.17, 15) is 9.59 Å². The van der Waals surface area contributed by atoms with Crippen LogP contribution in [-0.2, 0) is 17.8 Å². The minimum Gasteiger partial charge on any atom is -0.493 e. The molecule has 0 fully saturated rings. The molecule has 208 valence electrons. The Bertz CT molecular complexity index is 1300. The van der Waals surface area contributed by atoms with Crippen LogP contribution in [0.15, 0.2) is 42.6 Å². The molecule has 0 aliphatic carbocycles. The Morgan fingerprint density at radius 1 is 1.15 bits per heavy atom. The zero-order valence-electron chi connectivity index (χ0n) is 21.9. The van der Waals surface area contributed by atoms with E-state index in [-0.39, 0.29) is 12.5 Å². The predicted octanol–water partition coefficient (Wildman–Crippen LogP) is 2.21. The summed E-state index contributed by atoms with van der Waals surface area (Å²) >= 11 is 1.36. The van der Waals surface area contributed by atoms with E-state index in [0.29, 0.717) is 44.2 Å². The van der Waals surface area contributed by atoms with Crippen molar-refractivity contribution in [1.82, 2.24) is 15.6 Å². The van der Waals surface area contributed by atoms with Crippen LogP contribution in [0.25, 0.3) is 11.1 Å². The van der Waals surface area contributed by atoms with Crippen molar-refractivity contribution in [2.75, 3.05) is 44.4 Å². The van der Waals surface area contributed by atoms with Crippen molar-refractivity contribution in [1.29, 1.82) is 0 Å². The predicted molar refractivity (Wildman–Crippen MR) is 150 cm³/mol. The topological polar surface area (TPSA) is 144 Å². The molecular weight excluding hydrogens is 520 g/mol. The number of aliphatic hydroxyl groups excluding tert-OH is 2. The number of rotatable bonds is 14. The maximum absolute atomic E-state index is 13.3. The van der Waals surface area contributed by atoms with Gasteiger partial charge < -0.3 is 35.6 Å². The first kappa shape index (κ1) is 28.7. The van der Waals surface area contributed by atoms with Gasteiger partial charge in [-0.05, 0) is 60.7 Å². The molecule has 0 saturated carbocycles. The second-order valence-electron chi connectivity index (χ2n) is 9.20. The van der Waals surface area contributed by atoms with Crippen molar-refractivity contribution in [3.05, 3.63) is 63.6 Å². The molecule has 1 aliphatic rings. The molecule has 3 aromatic rings. The number of nitrogens with zero attached hydrogens (tertiary/aromatic N) is 2. The standard InChI is InChI=1S/C28H34N4O6S/c1-18-20(5-3-8-25(18)38-14-4-10-30-23(17-34)28(36)37)21-6-2-7-24-22(21)9-12-32(24)27(35)26-31-16-19(39-26)15-29-11-13-33/h2-3,5-8,16,23,29-30,33-34H,4,9-15,17H2,1H3,(H,36,37)/t23-/m1/s1. The van der Waals surface area contributed by atoms with Crippen LogP contribution in [0.5, 0.6) is 5.75 Å². The van der Waals surface area contributed by atoms with Crippen LogP contribution in [-0.4, -0.2) is 77.7 Å². The van der Waals surface area contributed by atoms with Gasteiger partial charge in [0.1, 0.15) is 11.8 Å². The Labute approximate surface area is 231 Å². The number of benzene rings is 2. The van der Waals surface area contributed by atoms with E-state index >= 15 is 0 Å². The monoisotopic (exact) mass is 554 g/mol. The fourth-order valence-corrected chi connectivity index (χ4v) is 5.45. The second kappa shape index (κ2) is 13.6. The van der Waals surface area contributed by atoms with Crippen molar-refractivity contribution in [2.24, 2.45) is 0 Å². The highest BCUT2D eigenvalue weighted by Gasteiger charge is 2.29. The number of carboxylic acids is 1. The molecule has 1 aliphatic heterocycles. The molecule has 10 nitrogen and oxygen atoms in total. The third kappa shape index (κ3) is 6.81. The lowest BCUT2D eigenvalue weighted by Crippen LogP contribution is -2.40. The van der Waals surface area contributed by atoms with Gasteiger partial charge in [-0.25, -0.2) is 4.98 Å². The van der Waals surface area contributed by atoms with E-state index in [0.717, 1.165) is 45.0 Å². The van der Waals surface area contributed by atoms with Gasteiger partial charge in [0.15, 0.2) is 5.01 Å². The molecule has 39 heavy (non-hydrogen) atoms. The van der Waals surface area contributed by atoms with Crippen molar-refractivity contribution in [3.63, 3.8) is 0 Å². The number of thiazole rings is 1. The largest absolute Gasteiger partial charge is 0.493 e. The minimum atomic E-state index is -1.08. The third-order valence-corrected chi connectivity index (χ3v) is 7.61. The average Bonchev–Trinajstić information content (AvgIpc) is 3.59. The van der Waals surface area contributed by atoms with E-state index in [1.807, 2.05) is 31.2 Å². The summed E-state index contributed by atoms with van der Waals surface area (Å²) in [5, 5.41) is 33.4. The van der Waals surface area contributed by atoms with Gasteiger partial charge in [0, 0.05) is 36.4 Å². The summed E-state index contributed by atoms with van der Waals surface area (Å²) < 4.78 is 6.01. The Balaban J connectivity index is 1.44. The summed E-state index contributed by atoms with van der Waals surface area (Å²) in [6.07, 6.45) is 3.03. The van der Waals surface area contributed by atoms with Crippen LogP contribution < -0.4 is 20.3 Å². The van der Waals surface area contributed by atoms with Gasteiger partial charge in [0.2, 0.25) is 0 Å². The van der Waals surface area contributed by atoms with Gasteiger partial charge in [0.25, 0.3) is 5.91 Å². The van der Waals surface area contributed by atoms with Gasteiger partial charge in [-0.15, -0.1) is 11.3 Å². The summed E-state index contributed by atoms with van der Waals surface area (Å²) in [5.74, 6) is -0.447. The number of aliphatic hydroxyl groups is 2. The molecule has 0 unspecified atom stereocenters. The molecular formula is C28H34N4O6S. The highest BCUT2D eigenvalue weighted by molar-refractivity contribution is 7.13. The van der Waals surface area contributed by atoms with Crippen LogP contribution in [0.4, 0.5) is 5.69 Å². The number of ether oxygens (including phenoxy) is 1. The Morgan fingerprint density at radius 3 is 2.72 bits per heavy atom. The number of carbonyl (C=O) groups excluding carboxylic acids is 1. The highest BCUT2D eigenvalue weighted by atomic mass is 32.1. The van der Waals surface area contributed by atoms with Crippen molar-refractivity contribution < 1.29 is 29.6 Å². The van der Waals surface area contributed by atoms with Crippen molar-refractivity contribution >= 4 is 28.9 Å². The van der Waals surface area contributed by atoms with E-state index in [4.69, 9.17) is 20.1 Å².